The van der Waals surface area contributed by atoms with E-state index in [9.17, 15) is 9.18 Å². The van der Waals surface area contributed by atoms with Crippen LogP contribution in [0.5, 0.6) is 0 Å². The molecule has 0 heterocycles. The molecule has 2 aromatic carbocycles. The monoisotopic (exact) mass is 258 g/mol. The molecule has 0 saturated carbocycles. The fourth-order valence-electron chi connectivity index (χ4n) is 1.79. The number of benzene rings is 2. The van der Waals surface area contributed by atoms with Crippen molar-refractivity contribution in [2.45, 2.75) is 12.8 Å². The number of nitrogens with two attached hydrogens (primary N) is 1. The Morgan fingerprint density at radius 3 is 2.53 bits per heavy atom. The highest BCUT2D eigenvalue weighted by molar-refractivity contribution is 5.91. The average molecular weight is 258 g/mol. The minimum Gasteiger partial charge on any atom is -0.399 e. The van der Waals surface area contributed by atoms with E-state index in [1.54, 1.807) is 18.2 Å². The first-order chi connectivity index (χ1) is 9.16. The minimum absolute atomic E-state index is 0.202. The van der Waals surface area contributed by atoms with Gasteiger partial charge in [-0.25, -0.2) is 4.39 Å². The molecule has 19 heavy (non-hydrogen) atoms. The molecule has 0 atom stereocenters. The lowest BCUT2D eigenvalue weighted by Crippen LogP contribution is -2.13. The van der Waals surface area contributed by atoms with Crippen LogP contribution >= 0.6 is 0 Å². The van der Waals surface area contributed by atoms with Crippen molar-refractivity contribution in [1.29, 1.82) is 0 Å². The maximum Gasteiger partial charge on any atom is 0.224 e. The molecule has 0 spiro atoms. The third-order valence-corrected chi connectivity index (χ3v) is 2.82. The van der Waals surface area contributed by atoms with Crippen molar-refractivity contribution in [3.05, 3.63) is 59.9 Å². The van der Waals surface area contributed by atoms with Gasteiger partial charge in [0.25, 0.3) is 0 Å². The first kappa shape index (κ1) is 13.1. The van der Waals surface area contributed by atoms with E-state index in [1.165, 1.54) is 12.1 Å². The Labute approximate surface area is 111 Å². The van der Waals surface area contributed by atoms with Gasteiger partial charge in [0.15, 0.2) is 0 Å². The number of halogens is 1. The number of nitrogens with one attached hydrogen (secondary N) is 1. The molecule has 98 valence electrons. The Hall–Kier alpha value is -2.36. The number of hydrogen-bond donors (Lipinski definition) is 2. The predicted octanol–water partition coefficient (Wildman–Crippen LogP) is 2.98. The summed E-state index contributed by atoms with van der Waals surface area (Å²) in [5, 5.41) is 2.55. The minimum atomic E-state index is -0.435. The van der Waals surface area contributed by atoms with Crippen LogP contribution < -0.4 is 11.1 Å². The summed E-state index contributed by atoms with van der Waals surface area (Å²) in [4.78, 5) is 11.7. The highest BCUT2D eigenvalue weighted by atomic mass is 19.1. The molecule has 1 amide bonds. The molecule has 0 aromatic heterocycles. The molecule has 0 fully saturated rings. The molecular formula is C15H15FN2O. The Balaban J connectivity index is 1.92. The van der Waals surface area contributed by atoms with Crippen molar-refractivity contribution in [3.63, 3.8) is 0 Å². The standard InChI is InChI=1S/C15H15FN2O/c16-12-6-2-4-8-14(12)18-15(19)10-9-11-5-1-3-7-13(11)17/h1-8H,9-10,17H2,(H,18,19). The maximum absolute atomic E-state index is 13.3. The zero-order valence-corrected chi connectivity index (χ0v) is 10.4. The van der Waals surface area contributed by atoms with Crippen LogP contribution in [0.25, 0.3) is 0 Å². The number of nitrogen functional groups attached to an aromatic ring is 1. The quantitative estimate of drug-likeness (QED) is 0.828. The van der Waals surface area contributed by atoms with E-state index in [0.717, 1.165) is 5.56 Å². The highest BCUT2D eigenvalue weighted by Crippen LogP contribution is 2.15. The number of carbonyl (C=O) groups excluding carboxylic acids is 1. The summed E-state index contributed by atoms with van der Waals surface area (Å²) in [5.74, 6) is -0.663. The van der Waals surface area contributed by atoms with Gasteiger partial charge in [-0.1, -0.05) is 30.3 Å². The normalized spacial score (nSPS) is 10.2. The van der Waals surface area contributed by atoms with E-state index in [4.69, 9.17) is 5.73 Å². The van der Waals surface area contributed by atoms with Crippen molar-refractivity contribution in [3.8, 4) is 0 Å². The summed E-state index contributed by atoms with van der Waals surface area (Å²) in [6.45, 7) is 0. The van der Waals surface area contributed by atoms with E-state index in [0.29, 0.717) is 12.1 Å². The lowest BCUT2D eigenvalue weighted by Gasteiger charge is -2.07. The van der Waals surface area contributed by atoms with Crippen molar-refractivity contribution < 1.29 is 9.18 Å². The summed E-state index contributed by atoms with van der Waals surface area (Å²) in [6.07, 6.45) is 0.801. The van der Waals surface area contributed by atoms with Gasteiger partial charge in [0.05, 0.1) is 5.69 Å². The highest BCUT2D eigenvalue weighted by Gasteiger charge is 2.07. The van der Waals surface area contributed by atoms with Crippen molar-refractivity contribution in [2.24, 2.45) is 0 Å². The number of aryl methyl sites for hydroxylation is 1. The van der Waals surface area contributed by atoms with Gasteiger partial charge in [-0.15, -0.1) is 0 Å². The molecule has 0 radical (unpaired) electrons. The average Bonchev–Trinajstić information content (AvgIpc) is 2.40. The van der Waals surface area contributed by atoms with Gasteiger partial charge in [-0.05, 0) is 30.2 Å². The third kappa shape index (κ3) is 3.55. The topological polar surface area (TPSA) is 55.1 Å². The molecular weight excluding hydrogens is 243 g/mol. The predicted molar refractivity (Wildman–Crippen MR) is 74.2 cm³/mol. The molecule has 4 heteroatoms. The Bertz CT molecular complexity index is 584. The van der Waals surface area contributed by atoms with Crippen molar-refractivity contribution in [1.82, 2.24) is 0 Å². The summed E-state index contributed by atoms with van der Waals surface area (Å²) in [7, 11) is 0. The van der Waals surface area contributed by atoms with E-state index >= 15 is 0 Å². The van der Waals surface area contributed by atoms with Crippen molar-refractivity contribution in [2.75, 3.05) is 11.1 Å². The number of amides is 1. The maximum atomic E-state index is 13.3. The molecule has 3 nitrogen and oxygen atoms in total. The van der Waals surface area contributed by atoms with Crippen LogP contribution in [-0.4, -0.2) is 5.91 Å². The van der Waals surface area contributed by atoms with E-state index in [1.807, 2.05) is 18.2 Å². The van der Waals surface area contributed by atoms with Crippen LogP contribution in [0.4, 0.5) is 15.8 Å². The fourth-order valence-corrected chi connectivity index (χ4v) is 1.79. The Kier molecular flexibility index (Phi) is 4.13. The summed E-state index contributed by atoms with van der Waals surface area (Å²) in [6, 6.07) is 13.5. The van der Waals surface area contributed by atoms with Gasteiger partial charge in [0, 0.05) is 12.1 Å². The van der Waals surface area contributed by atoms with Crippen LogP contribution in [0.2, 0.25) is 0 Å². The Morgan fingerprint density at radius 1 is 1.11 bits per heavy atom. The number of anilines is 2. The molecule has 0 aliphatic rings. The van der Waals surface area contributed by atoms with Crippen LogP contribution in [0.3, 0.4) is 0 Å². The van der Waals surface area contributed by atoms with E-state index < -0.39 is 5.82 Å². The fraction of sp³-hybridized carbons (Fsp3) is 0.133. The zero-order valence-electron chi connectivity index (χ0n) is 10.4. The van der Waals surface area contributed by atoms with Crippen molar-refractivity contribution >= 4 is 17.3 Å². The lowest BCUT2D eigenvalue weighted by molar-refractivity contribution is -0.116. The summed E-state index contributed by atoms with van der Waals surface area (Å²) < 4.78 is 13.3. The molecule has 3 N–H and O–H groups in total. The molecule has 0 bridgehead atoms. The zero-order chi connectivity index (χ0) is 13.7. The number of carbonyl (C=O) groups is 1. The first-order valence-electron chi connectivity index (χ1n) is 6.04. The van der Waals surface area contributed by atoms with Crippen LogP contribution in [0, 0.1) is 5.82 Å². The van der Waals surface area contributed by atoms with Gasteiger partial charge in [0.1, 0.15) is 5.82 Å². The first-order valence-corrected chi connectivity index (χ1v) is 6.04. The van der Waals surface area contributed by atoms with Gasteiger partial charge < -0.3 is 11.1 Å². The smallest absolute Gasteiger partial charge is 0.224 e. The lowest BCUT2D eigenvalue weighted by atomic mass is 10.1. The molecule has 2 aromatic rings. The molecule has 0 unspecified atom stereocenters. The van der Waals surface area contributed by atoms with E-state index in [-0.39, 0.29) is 18.0 Å². The molecule has 0 aliphatic carbocycles. The second kappa shape index (κ2) is 6.00. The van der Waals surface area contributed by atoms with Gasteiger partial charge in [-0.2, -0.15) is 0 Å². The molecule has 0 aliphatic heterocycles. The second-order valence-electron chi connectivity index (χ2n) is 4.23. The number of rotatable bonds is 4. The van der Waals surface area contributed by atoms with Gasteiger partial charge in [0.2, 0.25) is 5.91 Å². The van der Waals surface area contributed by atoms with Gasteiger partial charge >= 0.3 is 0 Å². The van der Waals surface area contributed by atoms with Gasteiger partial charge in [-0.3, -0.25) is 4.79 Å². The summed E-state index contributed by atoms with van der Waals surface area (Å²) in [5.41, 5.74) is 7.58. The molecule has 2 rings (SSSR count). The number of para-hydroxylation sites is 2. The number of hydrogen-bond acceptors (Lipinski definition) is 2. The molecule has 0 saturated heterocycles. The second-order valence-corrected chi connectivity index (χ2v) is 4.23. The Morgan fingerprint density at radius 2 is 1.79 bits per heavy atom. The van der Waals surface area contributed by atoms with E-state index in [2.05, 4.69) is 5.32 Å². The van der Waals surface area contributed by atoms with Crippen LogP contribution in [0.1, 0.15) is 12.0 Å². The third-order valence-electron chi connectivity index (χ3n) is 2.82. The largest absolute Gasteiger partial charge is 0.399 e. The SMILES string of the molecule is Nc1ccccc1CCC(=O)Nc1ccccc1F. The van der Waals surface area contributed by atoms with Crippen LogP contribution in [0.15, 0.2) is 48.5 Å². The summed E-state index contributed by atoms with van der Waals surface area (Å²) >= 11 is 0. The van der Waals surface area contributed by atoms with Crippen LogP contribution in [-0.2, 0) is 11.2 Å².